The highest BCUT2D eigenvalue weighted by molar-refractivity contribution is 6.04. The van der Waals surface area contributed by atoms with E-state index in [-0.39, 0.29) is 18.9 Å². The zero-order chi connectivity index (χ0) is 24.3. The first-order valence-electron chi connectivity index (χ1n) is 12.4. The van der Waals surface area contributed by atoms with E-state index in [0.717, 1.165) is 62.3 Å². The number of H-pyrrole nitrogens is 1. The molecule has 1 aliphatic rings. The van der Waals surface area contributed by atoms with Gasteiger partial charge in [-0.25, -0.2) is 4.79 Å². The summed E-state index contributed by atoms with van der Waals surface area (Å²) >= 11 is 0. The Bertz CT molecular complexity index is 911. The number of esters is 1. The molecule has 3 rings (SSSR count). The Labute approximate surface area is 200 Å². The second kappa shape index (κ2) is 13.5. The van der Waals surface area contributed by atoms with Gasteiger partial charge in [-0.3, -0.25) is 4.79 Å². The SMILES string of the molecule is CC1OC(OCCCCCCCCCCC(=O)O)C(O)CC1OC(=O)c1c[nH]c2ccccc12. The fourth-order valence-electron chi connectivity index (χ4n) is 4.30. The average molecular weight is 476 g/mol. The van der Waals surface area contributed by atoms with Gasteiger partial charge in [-0.15, -0.1) is 0 Å². The van der Waals surface area contributed by atoms with E-state index in [4.69, 9.17) is 19.3 Å². The Morgan fingerprint density at radius 2 is 1.74 bits per heavy atom. The smallest absolute Gasteiger partial charge is 0.340 e. The van der Waals surface area contributed by atoms with Gasteiger partial charge < -0.3 is 29.4 Å². The maximum absolute atomic E-state index is 12.7. The van der Waals surface area contributed by atoms with E-state index in [1.54, 1.807) is 6.20 Å². The van der Waals surface area contributed by atoms with E-state index in [9.17, 15) is 14.7 Å². The third-order valence-corrected chi connectivity index (χ3v) is 6.29. The van der Waals surface area contributed by atoms with Crippen LogP contribution in [0, 0.1) is 0 Å². The van der Waals surface area contributed by atoms with Crippen LogP contribution in [0.15, 0.2) is 30.5 Å². The minimum absolute atomic E-state index is 0.262. The molecule has 4 unspecified atom stereocenters. The Balaban J connectivity index is 1.30. The third-order valence-electron chi connectivity index (χ3n) is 6.29. The molecular weight excluding hydrogens is 438 g/mol. The molecule has 0 saturated carbocycles. The molecule has 0 aliphatic carbocycles. The van der Waals surface area contributed by atoms with E-state index in [0.29, 0.717) is 12.2 Å². The number of carboxylic acid groups (broad SMARTS) is 1. The van der Waals surface area contributed by atoms with Gasteiger partial charge in [0.1, 0.15) is 12.2 Å². The number of carbonyl (C=O) groups excluding carboxylic acids is 1. The molecule has 188 valence electrons. The van der Waals surface area contributed by atoms with Gasteiger partial charge in [0.25, 0.3) is 0 Å². The molecule has 1 fully saturated rings. The van der Waals surface area contributed by atoms with Gasteiger partial charge in [0, 0.05) is 36.5 Å². The van der Waals surface area contributed by atoms with Crippen molar-refractivity contribution in [3.63, 3.8) is 0 Å². The molecule has 34 heavy (non-hydrogen) atoms. The fraction of sp³-hybridized carbons (Fsp3) is 0.615. The van der Waals surface area contributed by atoms with Crippen molar-refractivity contribution in [2.24, 2.45) is 0 Å². The summed E-state index contributed by atoms with van der Waals surface area (Å²) in [6.07, 6.45) is 7.77. The minimum Gasteiger partial charge on any atom is -0.481 e. The maximum atomic E-state index is 12.7. The second-order valence-electron chi connectivity index (χ2n) is 9.05. The Hall–Kier alpha value is -2.42. The van der Waals surface area contributed by atoms with E-state index >= 15 is 0 Å². The number of hydrogen-bond donors (Lipinski definition) is 3. The van der Waals surface area contributed by atoms with Crippen LogP contribution in [0.5, 0.6) is 0 Å². The number of aromatic nitrogens is 1. The summed E-state index contributed by atoms with van der Waals surface area (Å²) in [7, 11) is 0. The van der Waals surface area contributed by atoms with Crippen molar-refractivity contribution >= 4 is 22.8 Å². The number of aliphatic carboxylic acids is 1. The number of aromatic amines is 1. The molecule has 0 spiro atoms. The van der Waals surface area contributed by atoms with Crippen LogP contribution in [0.25, 0.3) is 10.9 Å². The van der Waals surface area contributed by atoms with Crippen molar-refractivity contribution < 1.29 is 34.0 Å². The van der Waals surface area contributed by atoms with Gasteiger partial charge in [-0.1, -0.05) is 56.7 Å². The average Bonchev–Trinajstić information content (AvgIpc) is 3.24. The Morgan fingerprint density at radius 1 is 1.06 bits per heavy atom. The number of rotatable bonds is 14. The lowest BCUT2D eigenvalue weighted by Gasteiger charge is -2.37. The molecule has 4 atom stereocenters. The highest BCUT2D eigenvalue weighted by atomic mass is 16.7. The van der Waals surface area contributed by atoms with Crippen molar-refractivity contribution in [3.05, 3.63) is 36.0 Å². The van der Waals surface area contributed by atoms with Crippen LogP contribution in [0.1, 0.15) is 81.5 Å². The summed E-state index contributed by atoms with van der Waals surface area (Å²) in [5.41, 5.74) is 1.34. The predicted molar refractivity (Wildman–Crippen MR) is 128 cm³/mol. The Kier molecular flexibility index (Phi) is 10.4. The lowest BCUT2D eigenvalue weighted by Crippen LogP contribution is -2.48. The van der Waals surface area contributed by atoms with Crippen molar-refractivity contribution in [2.45, 2.75) is 95.7 Å². The van der Waals surface area contributed by atoms with Crippen molar-refractivity contribution in [1.29, 1.82) is 0 Å². The summed E-state index contributed by atoms with van der Waals surface area (Å²) in [6, 6.07) is 7.53. The summed E-state index contributed by atoms with van der Waals surface area (Å²) in [6.45, 7) is 2.33. The molecule has 3 N–H and O–H groups in total. The maximum Gasteiger partial charge on any atom is 0.340 e. The Morgan fingerprint density at radius 3 is 2.47 bits per heavy atom. The first-order chi connectivity index (χ1) is 16.5. The first kappa shape index (κ1) is 26.2. The van der Waals surface area contributed by atoms with Gasteiger partial charge in [0.15, 0.2) is 6.29 Å². The van der Waals surface area contributed by atoms with Crippen LogP contribution in [-0.4, -0.2) is 58.3 Å². The topological polar surface area (TPSA) is 118 Å². The number of carbonyl (C=O) groups is 2. The molecular formula is C26H37NO7. The van der Waals surface area contributed by atoms with Gasteiger partial charge >= 0.3 is 11.9 Å². The molecule has 0 bridgehead atoms. The number of unbranched alkanes of at least 4 members (excludes halogenated alkanes) is 7. The highest BCUT2D eigenvalue weighted by Gasteiger charge is 2.38. The van der Waals surface area contributed by atoms with E-state index in [1.807, 2.05) is 31.2 Å². The predicted octanol–water partition coefficient (Wildman–Crippen LogP) is 4.80. The lowest BCUT2D eigenvalue weighted by atomic mass is 10.0. The van der Waals surface area contributed by atoms with Crippen molar-refractivity contribution in [3.8, 4) is 0 Å². The van der Waals surface area contributed by atoms with Gasteiger partial charge in [-0.2, -0.15) is 0 Å². The van der Waals surface area contributed by atoms with Gasteiger partial charge in [-0.05, 0) is 25.8 Å². The molecule has 8 heteroatoms. The number of ether oxygens (including phenoxy) is 3. The van der Waals surface area contributed by atoms with Crippen LogP contribution in [0.4, 0.5) is 0 Å². The number of benzene rings is 1. The largest absolute Gasteiger partial charge is 0.481 e. The molecule has 2 heterocycles. The third kappa shape index (κ3) is 7.82. The van der Waals surface area contributed by atoms with Crippen LogP contribution in [0.2, 0.25) is 0 Å². The second-order valence-corrected chi connectivity index (χ2v) is 9.05. The van der Waals surface area contributed by atoms with Crippen LogP contribution >= 0.6 is 0 Å². The van der Waals surface area contributed by atoms with Gasteiger partial charge in [0.05, 0.1) is 11.7 Å². The molecule has 1 aromatic heterocycles. The zero-order valence-corrected chi connectivity index (χ0v) is 19.9. The van der Waals surface area contributed by atoms with E-state index in [1.165, 1.54) is 0 Å². The number of aliphatic hydroxyl groups is 1. The number of nitrogens with one attached hydrogen (secondary N) is 1. The number of hydrogen-bond acceptors (Lipinski definition) is 6. The monoisotopic (exact) mass is 475 g/mol. The first-order valence-corrected chi connectivity index (χ1v) is 12.4. The van der Waals surface area contributed by atoms with E-state index in [2.05, 4.69) is 4.98 Å². The summed E-state index contributed by atoms with van der Waals surface area (Å²) in [5, 5.41) is 19.9. The molecule has 0 amide bonds. The summed E-state index contributed by atoms with van der Waals surface area (Å²) in [4.78, 5) is 26.2. The van der Waals surface area contributed by atoms with Crippen LogP contribution < -0.4 is 0 Å². The van der Waals surface area contributed by atoms with Crippen LogP contribution in [0.3, 0.4) is 0 Å². The lowest BCUT2D eigenvalue weighted by molar-refractivity contribution is -0.260. The summed E-state index contributed by atoms with van der Waals surface area (Å²) in [5.74, 6) is -1.16. The number of aliphatic hydroxyl groups excluding tert-OH is 1. The van der Waals surface area contributed by atoms with Crippen LogP contribution in [-0.2, 0) is 19.0 Å². The van der Waals surface area contributed by atoms with E-state index < -0.39 is 30.4 Å². The molecule has 8 nitrogen and oxygen atoms in total. The minimum atomic E-state index is -0.859. The molecule has 1 saturated heterocycles. The standard InChI is InChI=1S/C26H37NO7/c1-18-23(34-25(31)20-17-27-21-13-10-9-12-19(20)21)16-22(28)26(33-18)32-15-11-7-5-3-2-4-6-8-14-24(29)30/h9-10,12-13,17-18,22-23,26-28H,2-8,11,14-16H2,1H3,(H,29,30). The molecule has 1 aromatic carbocycles. The molecule has 2 aromatic rings. The number of para-hydroxylation sites is 1. The molecule has 0 radical (unpaired) electrons. The van der Waals surface area contributed by atoms with Crippen molar-refractivity contribution in [2.75, 3.05) is 6.61 Å². The fourth-order valence-corrected chi connectivity index (χ4v) is 4.30. The summed E-state index contributed by atoms with van der Waals surface area (Å²) < 4.78 is 17.2. The zero-order valence-electron chi connectivity index (χ0n) is 19.9. The highest BCUT2D eigenvalue weighted by Crippen LogP contribution is 2.26. The number of carboxylic acids is 1. The quantitative estimate of drug-likeness (QED) is 0.265. The van der Waals surface area contributed by atoms with Gasteiger partial charge in [0.2, 0.25) is 0 Å². The van der Waals surface area contributed by atoms with Crippen molar-refractivity contribution in [1.82, 2.24) is 4.98 Å². The normalized spacial score (nSPS) is 22.6. The number of fused-ring (bicyclic) bond motifs is 1. The molecule has 1 aliphatic heterocycles.